The fraction of sp³-hybridized carbons (Fsp3) is 0.889. The first-order valence-electron chi connectivity index (χ1n) is 9.23. The van der Waals surface area contributed by atoms with Gasteiger partial charge in [0.05, 0.1) is 6.54 Å². The number of aliphatic imine (C=N–C) groups is 1. The van der Waals surface area contributed by atoms with Crippen molar-refractivity contribution in [1.82, 2.24) is 15.5 Å². The topological polar surface area (TPSA) is 56.7 Å². The van der Waals surface area contributed by atoms with E-state index in [9.17, 15) is 4.79 Å². The molecule has 0 bridgehead atoms. The molecule has 0 spiro atoms. The van der Waals surface area contributed by atoms with Gasteiger partial charge in [0, 0.05) is 32.1 Å². The number of guanidine groups is 1. The van der Waals surface area contributed by atoms with Gasteiger partial charge in [-0.05, 0) is 45.4 Å². The van der Waals surface area contributed by atoms with E-state index in [1.807, 2.05) is 13.8 Å². The number of rotatable bonds is 7. The van der Waals surface area contributed by atoms with Gasteiger partial charge in [-0.25, -0.2) is 0 Å². The highest BCUT2D eigenvalue weighted by Gasteiger charge is 2.31. The lowest BCUT2D eigenvalue weighted by atomic mass is 9.78. The van der Waals surface area contributed by atoms with Crippen molar-refractivity contribution in [3.63, 3.8) is 0 Å². The van der Waals surface area contributed by atoms with Crippen molar-refractivity contribution in [3.8, 4) is 0 Å². The van der Waals surface area contributed by atoms with E-state index in [1.165, 1.54) is 25.7 Å². The second-order valence-corrected chi connectivity index (χ2v) is 7.29. The maximum Gasteiger partial charge on any atom is 0.222 e. The van der Waals surface area contributed by atoms with Crippen LogP contribution in [0.4, 0.5) is 0 Å². The van der Waals surface area contributed by atoms with Crippen molar-refractivity contribution in [1.29, 1.82) is 0 Å². The molecule has 5 nitrogen and oxygen atoms in total. The van der Waals surface area contributed by atoms with E-state index >= 15 is 0 Å². The number of nitrogens with zero attached hydrogens (tertiary/aromatic N) is 2. The molecule has 1 aliphatic heterocycles. The van der Waals surface area contributed by atoms with Crippen LogP contribution in [0.25, 0.3) is 0 Å². The molecular weight excluding hydrogens is 288 g/mol. The summed E-state index contributed by atoms with van der Waals surface area (Å²) in [5.74, 6) is 1.04. The van der Waals surface area contributed by atoms with Gasteiger partial charge in [-0.1, -0.05) is 20.3 Å². The van der Waals surface area contributed by atoms with Crippen molar-refractivity contribution in [2.45, 2.75) is 72.8 Å². The molecule has 1 amide bonds. The second kappa shape index (κ2) is 9.78. The van der Waals surface area contributed by atoms with E-state index in [0.29, 0.717) is 18.4 Å². The highest BCUT2D eigenvalue weighted by molar-refractivity contribution is 5.81. The Kier molecular flexibility index (Phi) is 8.42. The lowest BCUT2D eigenvalue weighted by Crippen LogP contribution is -2.50. The Labute approximate surface area is 142 Å². The maximum atomic E-state index is 11.7. The van der Waals surface area contributed by atoms with Gasteiger partial charge in [-0.3, -0.25) is 9.79 Å². The lowest BCUT2D eigenvalue weighted by molar-refractivity contribution is -0.121. The summed E-state index contributed by atoms with van der Waals surface area (Å²) < 4.78 is 0. The minimum Gasteiger partial charge on any atom is -0.357 e. The predicted octanol–water partition coefficient (Wildman–Crippen LogP) is 2.77. The van der Waals surface area contributed by atoms with Crippen molar-refractivity contribution < 1.29 is 4.79 Å². The summed E-state index contributed by atoms with van der Waals surface area (Å²) in [6.45, 7) is 14.2. The first-order valence-corrected chi connectivity index (χ1v) is 9.23. The van der Waals surface area contributed by atoms with Gasteiger partial charge in [0.15, 0.2) is 5.96 Å². The van der Waals surface area contributed by atoms with E-state index < -0.39 is 0 Å². The summed E-state index contributed by atoms with van der Waals surface area (Å²) in [5, 5.41) is 6.31. The predicted molar refractivity (Wildman–Crippen MR) is 97.7 cm³/mol. The minimum atomic E-state index is 0.0778. The molecule has 0 saturated carbocycles. The molecule has 1 unspecified atom stereocenters. The van der Waals surface area contributed by atoms with Crippen LogP contribution >= 0.6 is 0 Å². The average molecular weight is 325 g/mol. The highest BCUT2D eigenvalue weighted by atomic mass is 16.1. The van der Waals surface area contributed by atoms with Crippen molar-refractivity contribution in [2.24, 2.45) is 10.4 Å². The fourth-order valence-electron chi connectivity index (χ4n) is 3.39. The van der Waals surface area contributed by atoms with Crippen molar-refractivity contribution in [3.05, 3.63) is 0 Å². The zero-order chi connectivity index (χ0) is 17.3. The molecule has 1 aliphatic rings. The molecule has 0 aromatic carbocycles. The van der Waals surface area contributed by atoms with E-state index in [4.69, 9.17) is 0 Å². The third-order valence-corrected chi connectivity index (χ3v) is 4.32. The van der Waals surface area contributed by atoms with E-state index in [1.54, 1.807) is 0 Å². The van der Waals surface area contributed by atoms with Gasteiger partial charge >= 0.3 is 0 Å². The standard InChI is InChI=1S/C18H36N4O/c1-6-10-18(5)11-8-13-22(14-18)17(19-7-2)20-12-9-16(23)21-15(3)4/h15H,6-14H2,1-5H3,(H,19,20)(H,21,23). The molecule has 134 valence electrons. The molecule has 0 aliphatic carbocycles. The van der Waals surface area contributed by atoms with Gasteiger partial charge in [0.25, 0.3) is 0 Å². The van der Waals surface area contributed by atoms with Crippen LogP contribution in [0.15, 0.2) is 4.99 Å². The molecule has 1 heterocycles. The molecule has 1 saturated heterocycles. The number of nitrogens with one attached hydrogen (secondary N) is 2. The number of hydrogen-bond donors (Lipinski definition) is 2. The summed E-state index contributed by atoms with van der Waals surface area (Å²) in [6, 6.07) is 0.191. The first-order chi connectivity index (χ1) is 10.9. The summed E-state index contributed by atoms with van der Waals surface area (Å²) in [4.78, 5) is 18.8. The smallest absolute Gasteiger partial charge is 0.222 e. The number of piperidine rings is 1. The molecule has 2 N–H and O–H groups in total. The van der Waals surface area contributed by atoms with Gasteiger partial charge in [-0.15, -0.1) is 0 Å². The molecule has 5 heteroatoms. The Morgan fingerprint density at radius 3 is 2.70 bits per heavy atom. The SMILES string of the molecule is CCCC1(C)CCCN(C(=NCCC(=O)NC(C)C)NCC)C1. The number of carbonyl (C=O) groups is 1. The zero-order valence-corrected chi connectivity index (χ0v) is 15.7. The van der Waals surface area contributed by atoms with Crippen molar-refractivity contribution >= 4 is 11.9 Å². The Morgan fingerprint density at radius 1 is 1.35 bits per heavy atom. The van der Waals surface area contributed by atoms with Crippen molar-refractivity contribution in [2.75, 3.05) is 26.2 Å². The highest BCUT2D eigenvalue weighted by Crippen LogP contribution is 2.33. The van der Waals surface area contributed by atoms with E-state index in [2.05, 4.69) is 41.3 Å². The third kappa shape index (κ3) is 7.23. The number of likely N-dealkylation sites (tertiary alicyclic amines) is 1. The quantitative estimate of drug-likeness (QED) is 0.559. The lowest BCUT2D eigenvalue weighted by Gasteiger charge is -2.42. The molecular formula is C18H36N4O. The van der Waals surface area contributed by atoms with Gasteiger partial charge < -0.3 is 15.5 Å². The molecule has 0 aromatic rings. The molecule has 23 heavy (non-hydrogen) atoms. The average Bonchev–Trinajstić information content (AvgIpc) is 2.45. The van der Waals surface area contributed by atoms with Gasteiger partial charge in [-0.2, -0.15) is 0 Å². The van der Waals surface area contributed by atoms with Gasteiger partial charge in [0.2, 0.25) is 5.91 Å². The molecule has 1 fully saturated rings. The first kappa shape index (κ1) is 19.8. The largest absolute Gasteiger partial charge is 0.357 e. The van der Waals surface area contributed by atoms with Gasteiger partial charge in [0.1, 0.15) is 0 Å². The van der Waals surface area contributed by atoms with Crippen LogP contribution in [0.5, 0.6) is 0 Å². The third-order valence-electron chi connectivity index (χ3n) is 4.32. The van der Waals surface area contributed by atoms with Crippen LogP contribution in [0.3, 0.4) is 0 Å². The normalized spacial score (nSPS) is 22.3. The molecule has 0 aromatic heterocycles. The van der Waals surface area contributed by atoms with Crippen LogP contribution < -0.4 is 10.6 Å². The zero-order valence-electron chi connectivity index (χ0n) is 15.7. The van der Waals surface area contributed by atoms with Crippen LogP contribution in [0, 0.1) is 5.41 Å². The fourth-order valence-corrected chi connectivity index (χ4v) is 3.39. The van der Waals surface area contributed by atoms with Crippen LogP contribution in [-0.4, -0.2) is 49.0 Å². The summed E-state index contributed by atoms with van der Waals surface area (Å²) in [6.07, 6.45) is 5.46. The van der Waals surface area contributed by atoms with Crippen LogP contribution in [-0.2, 0) is 4.79 Å². The summed E-state index contributed by atoms with van der Waals surface area (Å²) >= 11 is 0. The summed E-state index contributed by atoms with van der Waals surface area (Å²) in [5.41, 5.74) is 0.387. The Hall–Kier alpha value is -1.26. The Morgan fingerprint density at radius 2 is 2.09 bits per heavy atom. The molecule has 0 radical (unpaired) electrons. The van der Waals surface area contributed by atoms with E-state index in [-0.39, 0.29) is 11.9 Å². The number of carbonyl (C=O) groups excluding carboxylic acids is 1. The monoisotopic (exact) mass is 324 g/mol. The maximum absolute atomic E-state index is 11.7. The second-order valence-electron chi connectivity index (χ2n) is 7.29. The number of hydrogen-bond acceptors (Lipinski definition) is 2. The minimum absolute atomic E-state index is 0.0778. The van der Waals surface area contributed by atoms with Crippen LogP contribution in [0.2, 0.25) is 0 Å². The number of amides is 1. The summed E-state index contributed by atoms with van der Waals surface area (Å²) in [7, 11) is 0. The molecule has 1 atom stereocenters. The molecule has 1 rings (SSSR count). The van der Waals surface area contributed by atoms with E-state index in [0.717, 1.165) is 25.6 Å². The Bertz CT molecular complexity index is 390. The Balaban J connectivity index is 2.62. The van der Waals surface area contributed by atoms with Crippen LogP contribution in [0.1, 0.15) is 66.7 Å².